The number of pyridine rings is 1. The molecule has 2 aromatic heterocycles. The average Bonchev–Trinajstić information content (AvgIpc) is 3.23. The van der Waals surface area contributed by atoms with Crippen molar-refractivity contribution in [3.8, 4) is 0 Å². The summed E-state index contributed by atoms with van der Waals surface area (Å²) < 4.78 is 0. The van der Waals surface area contributed by atoms with Crippen LogP contribution in [0.1, 0.15) is 48.9 Å². The van der Waals surface area contributed by atoms with Gasteiger partial charge in [0, 0.05) is 30.2 Å². The van der Waals surface area contributed by atoms with E-state index >= 15 is 0 Å². The Bertz CT molecular complexity index is 1000. The van der Waals surface area contributed by atoms with Gasteiger partial charge in [-0.25, -0.2) is 4.98 Å². The summed E-state index contributed by atoms with van der Waals surface area (Å²) in [6.45, 7) is 2.11. The predicted octanol–water partition coefficient (Wildman–Crippen LogP) is 3.98. The lowest BCUT2D eigenvalue weighted by Gasteiger charge is -2.33. The van der Waals surface area contributed by atoms with Gasteiger partial charge in [0.1, 0.15) is 5.82 Å². The van der Waals surface area contributed by atoms with Crippen LogP contribution in [-0.4, -0.2) is 29.0 Å². The molecular formula is C21H24N4O. The van der Waals surface area contributed by atoms with Crippen molar-refractivity contribution in [3.05, 3.63) is 36.0 Å². The van der Waals surface area contributed by atoms with Crippen molar-refractivity contribution < 1.29 is 4.79 Å². The van der Waals surface area contributed by atoms with Gasteiger partial charge in [-0.2, -0.15) is 0 Å². The fourth-order valence-corrected chi connectivity index (χ4v) is 5.08. The Labute approximate surface area is 152 Å². The highest BCUT2D eigenvalue weighted by Gasteiger charge is 2.39. The molecule has 1 aliphatic heterocycles. The number of primary amides is 1. The monoisotopic (exact) mass is 348 g/mol. The van der Waals surface area contributed by atoms with Gasteiger partial charge < -0.3 is 15.6 Å². The SMILES string of the molecule is NC(=O)c1cnc(N2CCC3(CCCCC3)C2)c2c1[nH]c1ccccc12. The summed E-state index contributed by atoms with van der Waals surface area (Å²) in [6.07, 6.45) is 9.63. The molecule has 3 aromatic rings. The minimum absolute atomic E-state index is 0.439. The van der Waals surface area contributed by atoms with Gasteiger partial charge in [0.2, 0.25) is 0 Å². The number of H-pyrrole nitrogens is 1. The van der Waals surface area contributed by atoms with Crippen LogP contribution in [0, 0.1) is 5.41 Å². The van der Waals surface area contributed by atoms with Crippen molar-refractivity contribution in [3.63, 3.8) is 0 Å². The molecule has 1 saturated carbocycles. The summed E-state index contributed by atoms with van der Waals surface area (Å²) in [6, 6.07) is 8.16. The Hall–Kier alpha value is -2.56. The standard InChI is InChI=1S/C21H24N4O/c22-19(26)15-12-23-20(17-14-6-2-3-7-16(14)24-18(15)17)25-11-10-21(13-25)8-4-1-5-9-21/h2-3,6-7,12,24H,1,4-5,8-11,13H2,(H2,22,26). The number of carbonyl (C=O) groups is 1. The third-order valence-electron chi connectivity index (χ3n) is 6.43. The lowest BCUT2D eigenvalue weighted by atomic mass is 9.73. The van der Waals surface area contributed by atoms with E-state index < -0.39 is 5.91 Å². The number of benzene rings is 1. The number of nitrogens with two attached hydrogens (primary N) is 1. The van der Waals surface area contributed by atoms with Crippen LogP contribution >= 0.6 is 0 Å². The number of para-hydroxylation sites is 1. The summed E-state index contributed by atoms with van der Waals surface area (Å²) >= 11 is 0. The fraction of sp³-hybridized carbons (Fsp3) is 0.429. The van der Waals surface area contributed by atoms with Gasteiger partial charge >= 0.3 is 0 Å². The predicted molar refractivity (Wildman–Crippen MR) is 104 cm³/mol. The van der Waals surface area contributed by atoms with Gasteiger partial charge in [-0.1, -0.05) is 37.5 Å². The zero-order valence-electron chi connectivity index (χ0n) is 14.9. The lowest BCUT2D eigenvalue weighted by molar-refractivity contribution is 0.100. The van der Waals surface area contributed by atoms with E-state index in [1.165, 1.54) is 38.5 Å². The quantitative estimate of drug-likeness (QED) is 0.736. The molecule has 26 heavy (non-hydrogen) atoms. The zero-order chi connectivity index (χ0) is 17.7. The Balaban J connectivity index is 1.66. The zero-order valence-corrected chi connectivity index (χ0v) is 14.9. The first-order chi connectivity index (χ1) is 12.7. The second-order valence-corrected chi connectivity index (χ2v) is 8.01. The Kier molecular flexibility index (Phi) is 3.45. The third kappa shape index (κ3) is 2.30. The molecule has 3 N–H and O–H groups in total. The molecule has 1 saturated heterocycles. The number of carbonyl (C=O) groups excluding carboxylic acids is 1. The molecule has 2 fully saturated rings. The molecule has 5 nitrogen and oxygen atoms in total. The van der Waals surface area contributed by atoms with Crippen molar-refractivity contribution in [1.82, 2.24) is 9.97 Å². The molecular weight excluding hydrogens is 324 g/mol. The Morgan fingerprint density at radius 1 is 1.15 bits per heavy atom. The molecule has 0 unspecified atom stereocenters. The van der Waals surface area contributed by atoms with Crippen molar-refractivity contribution in [2.45, 2.75) is 38.5 Å². The molecule has 1 spiro atoms. The number of rotatable bonds is 2. The van der Waals surface area contributed by atoms with Gasteiger partial charge in [0.25, 0.3) is 5.91 Å². The van der Waals surface area contributed by atoms with E-state index in [9.17, 15) is 4.79 Å². The van der Waals surface area contributed by atoms with Gasteiger partial charge in [-0.15, -0.1) is 0 Å². The molecule has 0 bridgehead atoms. The number of hydrogen-bond acceptors (Lipinski definition) is 3. The fourth-order valence-electron chi connectivity index (χ4n) is 5.08. The minimum atomic E-state index is -0.439. The van der Waals surface area contributed by atoms with Gasteiger partial charge in [0.15, 0.2) is 0 Å². The summed E-state index contributed by atoms with van der Waals surface area (Å²) in [7, 11) is 0. The molecule has 1 amide bonds. The highest BCUT2D eigenvalue weighted by atomic mass is 16.1. The van der Waals surface area contributed by atoms with Crippen LogP contribution in [0.4, 0.5) is 5.82 Å². The van der Waals surface area contributed by atoms with Crippen LogP contribution < -0.4 is 10.6 Å². The van der Waals surface area contributed by atoms with Gasteiger partial charge in [-0.05, 0) is 30.7 Å². The number of aromatic nitrogens is 2. The van der Waals surface area contributed by atoms with Crippen LogP contribution in [0.3, 0.4) is 0 Å². The second-order valence-electron chi connectivity index (χ2n) is 8.01. The molecule has 5 rings (SSSR count). The number of nitrogens with one attached hydrogen (secondary N) is 1. The molecule has 3 heterocycles. The van der Waals surface area contributed by atoms with Gasteiger partial charge in [-0.3, -0.25) is 4.79 Å². The van der Waals surface area contributed by atoms with E-state index in [0.717, 1.165) is 40.7 Å². The van der Waals surface area contributed by atoms with Gasteiger partial charge in [0.05, 0.1) is 16.5 Å². The molecule has 1 aliphatic carbocycles. The van der Waals surface area contributed by atoms with E-state index in [-0.39, 0.29) is 0 Å². The van der Waals surface area contributed by atoms with Crippen LogP contribution in [0.5, 0.6) is 0 Å². The number of nitrogens with zero attached hydrogens (tertiary/aromatic N) is 2. The van der Waals surface area contributed by atoms with Crippen molar-refractivity contribution in [2.75, 3.05) is 18.0 Å². The van der Waals surface area contributed by atoms with Crippen molar-refractivity contribution in [1.29, 1.82) is 0 Å². The molecule has 0 atom stereocenters. The molecule has 5 heteroatoms. The maximum atomic E-state index is 11.9. The number of amides is 1. The van der Waals surface area contributed by atoms with Crippen LogP contribution in [-0.2, 0) is 0 Å². The maximum Gasteiger partial charge on any atom is 0.252 e. The number of aromatic amines is 1. The maximum absolute atomic E-state index is 11.9. The van der Waals surface area contributed by atoms with Crippen LogP contribution in [0.2, 0.25) is 0 Å². The summed E-state index contributed by atoms with van der Waals surface area (Å²) in [5.74, 6) is 0.552. The summed E-state index contributed by atoms with van der Waals surface area (Å²) in [5, 5.41) is 2.14. The van der Waals surface area contributed by atoms with E-state index in [4.69, 9.17) is 10.7 Å². The Morgan fingerprint density at radius 2 is 1.96 bits per heavy atom. The first-order valence-corrected chi connectivity index (χ1v) is 9.61. The second kappa shape index (κ2) is 5.73. The van der Waals surface area contributed by atoms with Crippen molar-refractivity contribution in [2.24, 2.45) is 11.1 Å². The van der Waals surface area contributed by atoms with Crippen LogP contribution in [0.15, 0.2) is 30.5 Å². The lowest BCUT2D eigenvalue weighted by Crippen LogP contribution is -2.29. The highest BCUT2D eigenvalue weighted by Crippen LogP contribution is 2.46. The molecule has 134 valence electrons. The molecule has 1 aromatic carbocycles. The highest BCUT2D eigenvalue weighted by molar-refractivity contribution is 6.18. The van der Waals surface area contributed by atoms with E-state index in [1.807, 2.05) is 18.2 Å². The van der Waals surface area contributed by atoms with E-state index in [1.54, 1.807) is 6.20 Å². The molecule has 0 radical (unpaired) electrons. The number of hydrogen-bond donors (Lipinski definition) is 2. The number of fused-ring (bicyclic) bond motifs is 3. The van der Waals surface area contributed by atoms with E-state index in [0.29, 0.717) is 11.0 Å². The average molecular weight is 348 g/mol. The smallest absolute Gasteiger partial charge is 0.252 e. The topological polar surface area (TPSA) is 75.0 Å². The molecule has 2 aliphatic rings. The van der Waals surface area contributed by atoms with Crippen molar-refractivity contribution >= 4 is 33.5 Å². The normalized spacial score (nSPS) is 19.6. The van der Waals surface area contributed by atoms with Crippen LogP contribution in [0.25, 0.3) is 21.8 Å². The first-order valence-electron chi connectivity index (χ1n) is 9.61. The first kappa shape index (κ1) is 15.7. The summed E-state index contributed by atoms with van der Waals surface area (Å²) in [4.78, 5) is 22.5. The summed E-state index contributed by atoms with van der Waals surface area (Å²) in [5.41, 5.74) is 8.36. The largest absolute Gasteiger partial charge is 0.365 e. The third-order valence-corrected chi connectivity index (χ3v) is 6.43. The minimum Gasteiger partial charge on any atom is -0.365 e. The number of anilines is 1. The Morgan fingerprint density at radius 3 is 2.77 bits per heavy atom. The van der Waals surface area contributed by atoms with E-state index in [2.05, 4.69) is 16.0 Å².